The molecular formula is C10H23NO5S. The van der Waals surface area contributed by atoms with E-state index in [1.807, 2.05) is 13.8 Å². The molecule has 0 heterocycles. The van der Waals surface area contributed by atoms with Crippen molar-refractivity contribution in [3.05, 3.63) is 0 Å². The van der Waals surface area contributed by atoms with E-state index < -0.39 is 10.0 Å². The van der Waals surface area contributed by atoms with Crippen LogP contribution in [0.2, 0.25) is 0 Å². The number of rotatable bonds is 9. The molecule has 6 nitrogen and oxygen atoms in total. The van der Waals surface area contributed by atoms with Crippen molar-refractivity contribution in [3.8, 4) is 0 Å². The lowest BCUT2D eigenvalue weighted by Crippen LogP contribution is -2.38. The monoisotopic (exact) mass is 269 g/mol. The number of methoxy groups -OCH3 is 1. The summed E-state index contributed by atoms with van der Waals surface area (Å²) in [5.41, 5.74) is 0. The third-order valence-electron chi connectivity index (χ3n) is 2.00. The average molecular weight is 269 g/mol. The third-order valence-corrected chi connectivity index (χ3v) is 3.28. The van der Waals surface area contributed by atoms with Gasteiger partial charge >= 0.3 is 0 Å². The molecule has 104 valence electrons. The lowest BCUT2D eigenvalue weighted by atomic mass is 10.3. The van der Waals surface area contributed by atoms with Crippen molar-refractivity contribution in [2.75, 3.05) is 40.4 Å². The van der Waals surface area contributed by atoms with Crippen molar-refractivity contribution >= 4 is 10.0 Å². The second kappa shape index (κ2) is 7.99. The van der Waals surface area contributed by atoms with Gasteiger partial charge in [-0.15, -0.1) is 0 Å². The second-order valence-electron chi connectivity index (χ2n) is 4.13. The standard InChI is InChI=1S/C10H23NO5S/c1-9(2)16-10(7-15-8-14-4)6-11(3)17(5,12)13/h9-10H,6-8H2,1-5H3/t10-/m0/s1. The Bertz CT molecular complexity index is 291. The fraction of sp³-hybridized carbons (Fsp3) is 1.00. The molecule has 17 heavy (non-hydrogen) atoms. The molecule has 0 aliphatic heterocycles. The fourth-order valence-electron chi connectivity index (χ4n) is 1.20. The number of ether oxygens (including phenoxy) is 3. The van der Waals surface area contributed by atoms with Crippen LogP contribution in [0.4, 0.5) is 0 Å². The number of nitrogens with zero attached hydrogens (tertiary/aromatic N) is 1. The molecule has 0 rings (SSSR count). The molecule has 0 aliphatic rings. The highest BCUT2D eigenvalue weighted by molar-refractivity contribution is 7.88. The predicted octanol–water partition coefficient (Wildman–Crippen LogP) is 0.292. The van der Waals surface area contributed by atoms with Gasteiger partial charge in [0.1, 0.15) is 6.79 Å². The van der Waals surface area contributed by atoms with Crippen LogP contribution in [0.25, 0.3) is 0 Å². The van der Waals surface area contributed by atoms with Gasteiger partial charge in [-0.1, -0.05) is 0 Å². The van der Waals surface area contributed by atoms with E-state index in [0.717, 1.165) is 6.26 Å². The Labute approximate surface area is 104 Å². The number of sulfonamides is 1. The van der Waals surface area contributed by atoms with E-state index in [-0.39, 0.29) is 25.5 Å². The van der Waals surface area contributed by atoms with Gasteiger partial charge in [0.15, 0.2) is 0 Å². The first kappa shape index (κ1) is 16.8. The molecule has 0 aromatic rings. The lowest BCUT2D eigenvalue weighted by Gasteiger charge is -2.24. The molecule has 0 aromatic carbocycles. The van der Waals surface area contributed by atoms with Crippen LogP contribution in [0.3, 0.4) is 0 Å². The van der Waals surface area contributed by atoms with Gasteiger partial charge in [0.2, 0.25) is 10.0 Å². The minimum atomic E-state index is -3.20. The molecule has 0 aromatic heterocycles. The molecule has 0 saturated heterocycles. The summed E-state index contributed by atoms with van der Waals surface area (Å²) in [6, 6.07) is 0. The van der Waals surface area contributed by atoms with E-state index in [1.165, 1.54) is 18.5 Å². The van der Waals surface area contributed by atoms with Crippen molar-refractivity contribution in [1.29, 1.82) is 0 Å². The van der Waals surface area contributed by atoms with Gasteiger partial charge in [-0.25, -0.2) is 12.7 Å². The van der Waals surface area contributed by atoms with Gasteiger partial charge in [0, 0.05) is 20.7 Å². The summed E-state index contributed by atoms with van der Waals surface area (Å²) in [6.45, 7) is 4.51. The summed E-state index contributed by atoms with van der Waals surface area (Å²) < 4.78 is 39.3. The maximum atomic E-state index is 11.3. The quantitative estimate of drug-likeness (QED) is 0.445. The Balaban J connectivity index is 4.27. The van der Waals surface area contributed by atoms with Crippen molar-refractivity contribution in [3.63, 3.8) is 0 Å². The number of hydrogen-bond acceptors (Lipinski definition) is 5. The highest BCUT2D eigenvalue weighted by Gasteiger charge is 2.19. The van der Waals surface area contributed by atoms with Crippen LogP contribution in [-0.2, 0) is 24.2 Å². The van der Waals surface area contributed by atoms with Crippen LogP contribution in [0.1, 0.15) is 13.8 Å². The highest BCUT2D eigenvalue weighted by Crippen LogP contribution is 2.04. The largest absolute Gasteiger partial charge is 0.372 e. The molecule has 0 fully saturated rings. The van der Waals surface area contributed by atoms with Crippen molar-refractivity contribution < 1.29 is 22.6 Å². The highest BCUT2D eigenvalue weighted by atomic mass is 32.2. The Morgan fingerprint density at radius 1 is 1.29 bits per heavy atom. The fourth-order valence-corrected chi connectivity index (χ4v) is 1.64. The molecule has 0 N–H and O–H groups in total. The molecule has 0 amide bonds. The maximum Gasteiger partial charge on any atom is 0.211 e. The molecule has 0 radical (unpaired) electrons. The Morgan fingerprint density at radius 2 is 1.88 bits per heavy atom. The zero-order valence-electron chi connectivity index (χ0n) is 11.2. The van der Waals surface area contributed by atoms with E-state index in [9.17, 15) is 8.42 Å². The summed E-state index contributed by atoms with van der Waals surface area (Å²) in [4.78, 5) is 0. The Morgan fingerprint density at radius 3 is 2.29 bits per heavy atom. The molecule has 0 saturated carbocycles. The molecule has 0 aliphatic carbocycles. The van der Waals surface area contributed by atoms with Crippen LogP contribution < -0.4 is 0 Å². The zero-order valence-corrected chi connectivity index (χ0v) is 12.0. The van der Waals surface area contributed by atoms with Crippen LogP contribution in [0.5, 0.6) is 0 Å². The topological polar surface area (TPSA) is 65.1 Å². The van der Waals surface area contributed by atoms with E-state index in [4.69, 9.17) is 14.2 Å². The first-order valence-electron chi connectivity index (χ1n) is 5.40. The van der Waals surface area contributed by atoms with Crippen molar-refractivity contribution in [2.24, 2.45) is 0 Å². The summed E-state index contributed by atoms with van der Waals surface area (Å²) in [5.74, 6) is 0. The molecule has 0 unspecified atom stereocenters. The molecular weight excluding hydrogens is 246 g/mol. The SMILES string of the molecule is COCOC[C@H](CN(C)S(C)(=O)=O)OC(C)C. The average Bonchev–Trinajstić information content (AvgIpc) is 2.15. The summed E-state index contributed by atoms with van der Waals surface area (Å²) >= 11 is 0. The minimum absolute atomic E-state index is 0.0131. The summed E-state index contributed by atoms with van der Waals surface area (Å²) in [7, 11) is -0.153. The predicted molar refractivity (Wildman–Crippen MR) is 65.3 cm³/mol. The van der Waals surface area contributed by atoms with E-state index >= 15 is 0 Å². The third kappa shape index (κ3) is 8.50. The molecule has 1 atom stereocenters. The number of hydrogen-bond donors (Lipinski definition) is 0. The first-order valence-corrected chi connectivity index (χ1v) is 7.25. The number of likely N-dealkylation sites (N-methyl/N-ethyl adjacent to an activating group) is 1. The van der Waals surface area contributed by atoms with E-state index in [0.29, 0.717) is 6.61 Å². The maximum absolute atomic E-state index is 11.3. The van der Waals surface area contributed by atoms with Crippen LogP contribution in [0.15, 0.2) is 0 Å². The molecule has 0 spiro atoms. The van der Waals surface area contributed by atoms with Gasteiger partial charge < -0.3 is 14.2 Å². The normalized spacial score (nSPS) is 14.5. The second-order valence-corrected chi connectivity index (χ2v) is 6.22. The lowest BCUT2D eigenvalue weighted by molar-refractivity contribution is -0.0937. The minimum Gasteiger partial charge on any atom is -0.372 e. The summed E-state index contributed by atoms with van der Waals surface area (Å²) in [6.07, 6.45) is 0.874. The summed E-state index contributed by atoms with van der Waals surface area (Å²) in [5, 5.41) is 0. The van der Waals surface area contributed by atoms with E-state index in [2.05, 4.69) is 0 Å². The Kier molecular flexibility index (Phi) is 7.89. The van der Waals surface area contributed by atoms with Gasteiger partial charge in [-0.3, -0.25) is 0 Å². The zero-order chi connectivity index (χ0) is 13.5. The van der Waals surface area contributed by atoms with Gasteiger partial charge in [-0.05, 0) is 13.8 Å². The first-order chi connectivity index (χ1) is 7.77. The Hall–Kier alpha value is -0.210. The van der Waals surface area contributed by atoms with Gasteiger partial charge in [0.25, 0.3) is 0 Å². The molecule has 7 heteroatoms. The van der Waals surface area contributed by atoms with Crippen molar-refractivity contribution in [2.45, 2.75) is 26.1 Å². The van der Waals surface area contributed by atoms with Crippen LogP contribution >= 0.6 is 0 Å². The van der Waals surface area contributed by atoms with Crippen LogP contribution in [0, 0.1) is 0 Å². The van der Waals surface area contributed by atoms with Crippen molar-refractivity contribution in [1.82, 2.24) is 4.31 Å². The molecule has 0 bridgehead atoms. The smallest absolute Gasteiger partial charge is 0.211 e. The van der Waals surface area contributed by atoms with E-state index in [1.54, 1.807) is 0 Å². The van der Waals surface area contributed by atoms with Crippen LogP contribution in [-0.4, -0.2) is 65.3 Å². The van der Waals surface area contributed by atoms with Gasteiger partial charge in [0.05, 0.1) is 25.1 Å². The van der Waals surface area contributed by atoms with Gasteiger partial charge in [-0.2, -0.15) is 0 Å².